The van der Waals surface area contributed by atoms with Gasteiger partial charge in [-0.2, -0.15) is 0 Å². The van der Waals surface area contributed by atoms with E-state index in [4.69, 9.17) is 5.14 Å². The predicted molar refractivity (Wildman–Crippen MR) is 102 cm³/mol. The summed E-state index contributed by atoms with van der Waals surface area (Å²) in [6.45, 7) is 0. The van der Waals surface area contributed by atoms with Crippen LogP contribution in [0.1, 0.15) is 0 Å². The van der Waals surface area contributed by atoms with Gasteiger partial charge in [-0.3, -0.25) is 4.72 Å². The number of hydrogen-bond donors (Lipinski definition) is 3. The van der Waals surface area contributed by atoms with Gasteiger partial charge in [-0.1, -0.05) is 24.3 Å². The van der Waals surface area contributed by atoms with E-state index < -0.39 is 20.0 Å². The van der Waals surface area contributed by atoms with Crippen LogP contribution in [0.4, 0.5) is 5.69 Å². The molecular formula is C18H16N2O5S2. The molecule has 3 rings (SSSR count). The van der Waals surface area contributed by atoms with E-state index in [-0.39, 0.29) is 15.5 Å². The van der Waals surface area contributed by atoms with E-state index in [1.54, 1.807) is 42.5 Å². The fourth-order valence-corrected chi connectivity index (χ4v) is 4.01. The molecule has 0 heterocycles. The Hall–Kier alpha value is -2.88. The molecule has 0 aromatic heterocycles. The quantitative estimate of drug-likeness (QED) is 0.602. The van der Waals surface area contributed by atoms with Crippen LogP contribution in [0.5, 0.6) is 5.75 Å². The van der Waals surface area contributed by atoms with Gasteiger partial charge in [0.15, 0.2) is 0 Å². The fraction of sp³-hybridized carbons (Fsp3) is 0. The van der Waals surface area contributed by atoms with Gasteiger partial charge >= 0.3 is 0 Å². The number of rotatable bonds is 5. The maximum Gasteiger partial charge on any atom is 0.261 e. The Bertz CT molecular complexity index is 1170. The lowest BCUT2D eigenvalue weighted by Gasteiger charge is -2.10. The van der Waals surface area contributed by atoms with E-state index in [1.165, 1.54) is 12.1 Å². The first-order valence-electron chi connectivity index (χ1n) is 7.70. The van der Waals surface area contributed by atoms with Crippen molar-refractivity contribution in [2.75, 3.05) is 4.72 Å². The van der Waals surface area contributed by atoms with Gasteiger partial charge in [0.25, 0.3) is 10.0 Å². The standard InChI is InChI=1S/C18H16N2O5S2/c19-26(22,23)17-8-10-18(11-9-17)27(24,25)20-15-6-4-13(5-7-15)14-2-1-3-16(21)12-14/h1-12,20-21H,(H2,19,22,23). The van der Waals surface area contributed by atoms with Crippen molar-refractivity contribution in [3.8, 4) is 16.9 Å². The third-order valence-corrected chi connectivity index (χ3v) is 6.11. The van der Waals surface area contributed by atoms with E-state index in [0.717, 1.165) is 23.3 Å². The van der Waals surface area contributed by atoms with E-state index in [0.29, 0.717) is 5.69 Å². The number of sulfonamides is 2. The lowest BCUT2D eigenvalue weighted by Crippen LogP contribution is -2.15. The average Bonchev–Trinajstić information content (AvgIpc) is 2.61. The minimum Gasteiger partial charge on any atom is -0.508 e. The zero-order chi connectivity index (χ0) is 19.7. The van der Waals surface area contributed by atoms with Crippen LogP contribution in [0, 0.1) is 0 Å². The number of nitrogens with one attached hydrogen (secondary N) is 1. The third-order valence-electron chi connectivity index (χ3n) is 3.78. The summed E-state index contributed by atoms with van der Waals surface area (Å²) in [4.78, 5) is -0.260. The largest absolute Gasteiger partial charge is 0.508 e. The molecular weight excluding hydrogens is 388 g/mol. The molecule has 27 heavy (non-hydrogen) atoms. The molecule has 0 saturated heterocycles. The van der Waals surface area contributed by atoms with Crippen LogP contribution in [0.3, 0.4) is 0 Å². The fourth-order valence-electron chi connectivity index (χ4n) is 2.44. The third kappa shape index (κ3) is 4.45. The molecule has 0 saturated carbocycles. The van der Waals surface area contributed by atoms with Crippen LogP contribution in [0.2, 0.25) is 0 Å². The highest BCUT2D eigenvalue weighted by atomic mass is 32.2. The van der Waals surface area contributed by atoms with Crippen LogP contribution >= 0.6 is 0 Å². The molecule has 0 aliphatic heterocycles. The number of anilines is 1. The highest BCUT2D eigenvalue weighted by molar-refractivity contribution is 7.92. The smallest absolute Gasteiger partial charge is 0.261 e. The Morgan fingerprint density at radius 1 is 0.741 bits per heavy atom. The first-order valence-corrected chi connectivity index (χ1v) is 10.7. The number of phenols is 1. The molecule has 0 fully saturated rings. The van der Waals surface area contributed by atoms with Crippen LogP contribution in [-0.2, 0) is 20.0 Å². The van der Waals surface area contributed by atoms with Crippen LogP contribution in [-0.4, -0.2) is 21.9 Å². The Kier molecular flexibility index (Phi) is 4.92. The molecule has 0 atom stereocenters. The normalized spacial score (nSPS) is 11.9. The number of nitrogens with two attached hydrogens (primary N) is 1. The Labute approximate surface area is 157 Å². The Balaban J connectivity index is 1.81. The highest BCUT2D eigenvalue weighted by Gasteiger charge is 2.16. The minimum atomic E-state index is -3.89. The van der Waals surface area contributed by atoms with Crippen molar-refractivity contribution in [1.29, 1.82) is 0 Å². The molecule has 140 valence electrons. The van der Waals surface area contributed by atoms with Crippen molar-refractivity contribution in [2.45, 2.75) is 9.79 Å². The number of phenolic OH excluding ortho intramolecular Hbond substituents is 1. The highest BCUT2D eigenvalue weighted by Crippen LogP contribution is 2.25. The molecule has 9 heteroatoms. The number of benzene rings is 3. The molecule has 0 bridgehead atoms. The molecule has 3 aromatic rings. The van der Waals surface area contributed by atoms with Crippen LogP contribution in [0.25, 0.3) is 11.1 Å². The van der Waals surface area contributed by atoms with Gasteiger partial charge < -0.3 is 5.11 Å². The van der Waals surface area contributed by atoms with Gasteiger partial charge in [0, 0.05) is 5.69 Å². The number of primary sulfonamides is 1. The van der Waals surface area contributed by atoms with E-state index >= 15 is 0 Å². The summed E-state index contributed by atoms with van der Waals surface area (Å²) in [6.07, 6.45) is 0. The van der Waals surface area contributed by atoms with Gasteiger partial charge in [-0.15, -0.1) is 0 Å². The summed E-state index contributed by atoms with van der Waals surface area (Å²) in [5.74, 6) is 0.139. The van der Waals surface area contributed by atoms with Crippen molar-refractivity contribution < 1.29 is 21.9 Å². The minimum absolute atomic E-state index is 0.0908. The Morgan fingerprint density at radius 3 is 1.89 bits per heavy atom. The van der Waals surface area contributed by atoms with Crippen LogP contribution < -0.4 is 9.86 Å². The van der Waals surface area contributed by atoms with Gasteiger partial charge in [0.1, 0.15) is 5.75 Å². The number of aromatic hydroxyl groups is 1. The first kappa shape index (κ1) is 18.9. The monoisotopic (exact) mass is 404 g/mol. The van der Waals surface area contributed by atoms with Crippen molar-refractivity contribution >= 4 is 25.7 Å². The van der Waals surface area contributed by atoms with Gasteiger partial charge in [-0.05, 0) is 59.7 Å². The zero-order valence-electron chi connectivity index (χ0n) is 13.9. The molecule has 0 unspecified atom stereocenters. The second-order valence-electron chi connectivity index (χ2n) is 5.75. The summed E-state index contributed by atoms with van der Waals surface area (Å²) in [7, 11) is -7.78. The van der Waals surface area contributed by atoms with E-state index in [1.807, 2.05) is 6.07 Å². The lowest BCUT2D eigenvalue weighted by atomic mass is 10.1. The van der Waals surface area contributed by atoms with Gasteiger partial charge in [0.05, 0.1) is 9.79 Å². The van der Waals surface area contributed by atoms with E-state index in [2.05, 4.69) is 4.72 Å². The van der Waals surface area contributed by atoms with Crippen molar-refractivity contribution in [2.24, 2.45) is 5.14 Å². The topological polar surface area (TPSA) is 127 Å². The summed E-state index contributed by atoms with van der Waals surface area (Å²) in [6, 6.07) is 17.9. The Morgan fingerprint density at radius 2 is 1.33 bits per heavy atom. The second kappa shape index (κ2) is 7.03. The van der Waals surface area contributed by atoms with E-state index in [9.17, 15) is 21.9 Å². The van der Waals surface area contributed by atoms with Crippen molar-refractivity contribution in [3.05, 3.63) is 72.8 Å². The molecule has 0 radical (unpaired) electrons. The number of hydrogen-bond acceptors (Lipinski definition) is 5. The summed E-state index contributed by atoms with van der Waals surface area (Å²) >= 11 is 0. The van der Waals surface area contributed by atoms with Gasteiger partial charge in [-0.25, -0.2) is 22.0 Å². The summed E-state index contributed by atoms with van der Waals surface area (Å²) in [5.41, 5.74) is 1.95. The van der Waals surface area contributed by atoms with Crippen LogP contribution in [0.15, 0.2) is 82.6 Å². The first-order chi connectivity index (χ1) is 12.6. The zero-order valence-corrected chi connectivity index (χ0v) is 15.5. The maximum atomic E-state index is 12.4. The second-order valence-corrected chi connectivity index (χ2v) is 8.99. The van der Waals surface area contributed by atoms with Crippen molar-refractivity contribution in [3.63, 3.8) is 0 Å². The van der Waals surface area contributed by atoms with Crippen molar-refractivity contribution in [1.82, 2.24) is 0 Å². The van der Waals surface area contributed by atoms with Gasteiger partial charge in [0.2, 0.25) is 10.0 Å². The summed E-state index contributed by atoms with van der Waals surface area (Å²) in [5, 5.41) is 14.5. The summed E-state index contributed by atoms with van der Waals surface area (Å²) < 4.78 is 49.8. The molecule has 0 aliphatic carbocycles. The lowest BCUT2D eigenvalue weighted by molar-refractivity contribution is 0.475. The average molecular weight is 404 g/mol. The molecule has 0 aliphatic rings. The molecule has 0 spiro atoms. The predicted octanol–water partition coefficient (Wildman–Crippen LogP) is 2.51. The molecule has 4 N–H and O–H groups in total. The SMILES string of the molecule is NS(=O)(=O)c1ccc(S(=O)(=O)Nc2ccc(-c3cccc(O)c3)cc2)cc1. The molecule has 0 amide bonds. The molecule has 7 nitrogen and oxygen atoms in total. The maximum absolute atomic E-state index is 12.4. The molecule has 3 aromatic carbocycles.